The summed E-state index contributed by atoms with van der Waals surface area (Å²) >= 11 is 0. The first-order chi connectivity index (χ1) is 11.6. The van der Waals surface area contributed by atoms with Crippen molar-refractivity contribution in [1.82, 2.24) is 19.6 Å². The normalized spacial score (nSPS) is 33.1. The Bertz CT molecular complexity index is 458. The summed E-state index contributed by atoms with van der Waals surface area (Å²) in [5.41, 5.74) is 0.377. The fourth-order valence-electron chi connectivity index (χ4n) is 5.19. The summed E-state index contributed by atoms with van der Waals surface area (Å²) in [6.07, 6.45) is 6.33. The molecule has 3 aliphatic heterocycles. The molecule has 0 aromatic carbocycles. The maximum Gasteiger partial charge on any atom is 0.226 e. The molecule has 1 spiro atoms. The first-order valence-corrected chi connectivity index (χ1v) is 9.97. The summed E-state index contributed by atoms with van der Waals surface area (Å²) in [7, 11) is 4.39. The van der Waals surface area contributed by atoms with E-state index < -0.39 is 0 Å². The van der Waals surface area contributed by atoms with E-state index in [1.54, 1.807) is 0 Å². The number of amides is 1. The number of likely N-dealkylation sites (N-methyl/N-ethyl adjacent to an activating group) is 1. The number of rotatable bonds is 2. The minimum Gasteiger partial charge on any atom is -0.340 e. The quantitative estimate of drug-likeness (QED) is 0.752. The lowest BCUT2D eigenvalue weighted by atomic mass is 9.88. The molecule has 3 saturated heterocycles. The lowest BCUT2D eigenvalue weighted by Gasteiger charge is -2.41. The van der Waals surface area contributed by atoms with Gasteiger partial charge in [-0.1, -0.05) is 0 Å². The Morgan fingerprint density at radius 3 is 2.04 bits per heavy atom. The molecule has 5 nitrogen and oxygen atoms in total. The molecular weight excluding hydrogens is 300 g/mol. The van der Waals surface area contributed by atoms with Crippen molar-refractivity contribution in [3.63, 3.8) is 0 Å². The minimum atomic E-state index is 0.348. The molecule has 3 heterocycles. The van der Waals surface area contributed by atoms with Crippen LogP contribution >= 0.6 is 0 Å². The lowest BCUT2D eigenvalue weighted by molar-refractivity contribution is -0.135. The summed E-state index contributed by atoms with van der Waals surface area (Å²) in [6.45, 7) is 8.88. The Morgan fingerprint density at radius 1 is 0.833 bits per heavy atom. The highest BCUT2D eigenvalue weighted by Gasteiger charge is 2.59. The van der Waals surface area contributed by atoms with E-state index in [1.165, 1.54) is 58.3 Å². The van der Waals surface area contributed by atoms with Gasteiger partial charge in [-0.3, -0.25) is 4.79 Å². The highest BCUT2D eigenvalue weighted by atomic mass is 16.2. The SMILES string of the molecule is CN1CCC(N2CCC3(CC2)CC3C(=O)N2CCN(C)CC2)CC1. The maximum atomic E-state index is 12.8. The number of hydrogen-bond acceptors (Lipinski definition) is 4. The van der Waals surface area contributed by atoms with Crippen molar-refractivity contribution in [2.24, 2.45) is 11.3 Å². The molecule has 0 aromatic rings. The van der Waals surface area contributed by atoms with Crippen molar-refractivity contribution < 1.29 is 4.79 Å². The van der Waals surface area contributed by atoms with Gasteiger partial charge in [-0.15, -0.1) is 0 Å². The fraction of sp³-hybridized carbons (Fsp3) is 0.947. The van der Waals surface area contributed by atoms with Gasteiger partial charge in [0.05, 0.1) is 0 Å². The second-order valence-corrected chi connectivity index (χ2v) is 8.82. The fourth-order valence-corrected chi connectivity index (χ4v) is 5.19. The largest absolute Gasteiger partial charge is 0.340 e. The molecule has 1 atom stereocenters. The summed E-state index contributed by atoms with van der Waals surface area (Å²) in [6, 6.07) is 0.795. The van der Waals surface area contributed by atoms with Crippen LogP contribution < -0.4 is 0 Å². The lowest BCUT2D eigenvalue weighted by Crippen LogP contribution is -2.49. The number of piperazine rings is 1. The number of carbonyl (C=O) groups excluding carboxylic acids is 1. The van der Waals surface area contributed by atoms with E-state index in [2.05, 4.69) is 33.7 Å². The molecule has 1 saturated carbocycles. The molecule has 1 amide bonds. The molecular formula is C19H34N4O. The predicted molar refractivity (Wildman–Crippen MR) is 95.9 cm³/mol. The minimum absolute atomic E-state index is 0.348. The van der Waals surface area contributed by atoms with Gasteiger partial charge in [0.2, 0.25) is 5.91 Å². The van der Waals surface area contributed by atoms with Gasteiger partial charge in [-0.25, -0.2) is 0 Å². The Hall–Kier alpha value is -0.650. The molecule has 5 heteroatoms. The Kier molecular flexibility index (Phi) is 4.61. The smallest absolute Gasteiger partial charge is 0.226 e. The molecule has 0 bridgehead atoms. The van der Waals surface area contributed by atoms with Gasteiger partial charge < -0.3 is 19.6 Å². The number of likely N-dealkylation sites (tertiary alicyclic amines) is 2. The summed E-state index contributed by atoms with van der Waals surface area (Å²) in [4.78, 5) is 22.5. The van der Waals surface area contributed by atoms with Crippen molar-refractivity contribution in [3.8, 4) is 0 Å². The van der Waals surface area contributed by atoms with Crippen LogP contribution in [0, 0.1) is 11.3 Å². The number of carbonyl (C=O) groups is 1. The van der Waals surface area contributed by atoms with Crippen LogP contribution in [0.4, 0.5) is 0 Å². The molecule has 24 heavy (non-hydrogen) atoms. The third kappa shape index (κ3) is 3.23. The second kappa shape index (κ2) is 6.58. The van der Waals surface area contributed by atoms with Crippen molar-refractivity contribution in [3.05, 3.63) is 0 Å². The van der Waals surface area contributed by atoms with Crippen molar-refractivity contribution in [1.29, 1.82) is 0 Å². The van der Waals surface area contributed by atoms with E-state index >= 15 is 0 Å². The topological polar surface area (TPSA) is 30.0 Å². The van der Waals surface area contributed by atoms with Crippen LogP contribution in [0.25, 0.3) is 0 Å². The summed E-state index contributed by atoms with van der Waals surface area (Å²) in [5.74, 6) is 0.816. The summed E-state index contributed by atoms with van der Waals surface area (Å²) in [5, 5.41) is 0. The van der Waals surface area contributed by atoms with Crippen LogP contribution in [-0.2, 0) is 4.79 Å². The number of nitrogens with zero attached hydrogens (tertiary/aromatic N) is 4. The van der Waals surface area contributed by atoms with Gasteiger partial charge in [0, 0.05) is 38.1 Å². The molecule has 1 unspecified atom stereocenters. The number of piperidine rings is 2. The van der Waals surface area contributed by atoms with E-state index in [1.807, 2.05) is 0 Å². The van der Waals surface area contributed by atoms with Crippen LogP contribution in [-0.4, -0.2) is 98.0 Å². The van der Waals surface area contributed by atoms with Crippen molar-refractivity contribution >= 4 is 5.91 Å². The van der Waals surface area contributed by atoms with Gasteiger partial charge in [0.15, 0.2) is 0 Å². The van der Waals surface area contributed by atoms with Crippen LogP contribution in [0.15, 0.2) is 0 Å². The molecule has 4 fully saturated rings. The highest BCUT2D eigenvalue weighted by molar-refractivity contribution is 5.83. The van der Waals surface area contributed by atoms with Gasteiger partial charge >= 0.3 is 0 Å². The first-order valence-electron chi connectivity index (χ1n) is 9.97. The average Bonchev–Trinajstić information content (AvgIpc) is 3.30. The van der Waals surface area contributed by atoms with Gasteiger partial charge in [0.25, 0.3) is 0 Å². The van der Waals surface area contributed by atoms with Crippen LogP contribution in [0.1, 0.15) is 32.1 Å². The zero-order valence-electron chi connectivity index (χ0n) is 15.5. The van der Waals surface area contributed by atoms with E-state index in [0.29, 0.717) is 17.2 Å². The summed E-state index contributed by atoms with van der Waals surface area (Å²) < 4.78 is 0. The second-order valence-electron chi connectivity index (χ2n) is 8.82. The molecule has 4 aliphatic rings. The Balaban J connectivity index is 1.26. The van der Waals surface area contributed by atoms with Gasteiger partial charge in [0.1, 0.15) is 0 Å². The molecule has 4 rings (SSSR count). The molecule has 0 radical (unpaired) electrons. The van der Waals surface area contributed by atoms with Gasteiger partial charge in [-0.05, 0) is 77.8 Å². The molecule has 136 valence electrons. The highest BCUT2D eigenvalue weighted by Crippen LogP contribution is 2.60. The standard InChI is InChI=1S/C19H34N4O/c1-20-7-3-16(4-8-20)22-9-5-19(6-10-22)15-17(19)18(24)23-13-11-21(2)12-14-23/h16-17H,3-15H2,1-2H3. The molecule has 0 aromatic heterocycles. The average molecular weight is 335 g/mol. The monoisotopic (exact) mass is 334 g/mol. The Labute approximate surface area is 146 Å². The Morgan fingerprint density at radius 2 is 1.42 bits per heavy atom. The third-order valence-corrected chi connectivity index (χ3v) is 7.30. The molecule has 1 aliphatic carbocycles. The van der Waals surface area contributed by atoms with Crippen LogP contribution in [0.5, 0.6) is 0 Å². The zero-order valence-corrected chi connectivity index (χ0v) is 15.5. The van der Waals surface area contributed by atoms with E-state index in [9.17, 15) is 4.79 Å². The number of hydrogen-bond donors (Lipinski definition) is 0. The maximum absolute atomic E-state index is 12.8. The predicted octanol–water partition coefficient (Wildman–Crippen LogP) is 0.957. The van der Waals surface area contributed by atoms with E-state index in [4.69, 9.17) is 0 Å². The van der Waals surface area contributed by atoms with Crippen LogP contribution in [0.2, 0.25) is 0 Å². The van der Waals surface area contributed by atoms with Crippen LogP contribution in [0.3, 0.4) is 0 Å². The van der Waals surface area contributed by atoms with Crippen molar-refractivity contribution in [2.75, 3.05) is 66.5 Å². The van der Waals surface area contributed by atoms with Gasteiger partial charge in [-0.2, -0.15) is 0 Å². The van der Waals surface area contributed by atoms with E-state index in [-0.39, 0.29) is 0 Å². The first kappa shape index (κ1) is 16.8. The third-order valence-electron chi connectivity index (χ3n) is 7.30. The van der Waals surface area contributed by atoms with Crippen molar-refractivity contribution in [2.45, 2.75) is 38.1 Å². The zero-order chi connectivity index (χ0) is 16.7. The molecule has 0 N–H and O–H groups in total. The van der Waals surface area contributed by atoms with E-state index in [0.717, 1.165) is 32.2 Å².